The molecule has 0 saturated carbocycles. The number of ether oxygens (including phenoxy) is 4. The molecule has 5 rings (SSSR count). The van der Waals surface area contributed by atoms with Gasteiger partial charge in [0, 0.05) is 0 Å². The fourth-order valence-electron chi connectivity index (χ4n) is 5.18. The van der Waals surface area contributed by atoms with Gasteiger partial charge in [-0.15, -0.1) is 0 Å². The van der Waals surface area contributed by atoms with Gasteiger partial charge in [-0.2, -0.15) is 0 Å². The molecule has 2 aliphatic rings. The quantitative estimate of drug-likeness (QED) is 0.523. The lowest BCUT2D eigenvalue weighted by Gasteiger charge is -2.37. The fourth-order valence-corrected chi connectivity index (χ4v) is 5.18. The Bertz CT molecular complexity index is 991. The van der Waals surface area contributed by atoms with Crippen molar-refractivity contribution in [3.05, 3.63) is 108 Å². The van der Waals surface area contributed by atoms with Crippen LogP contribution in [0.2, 0.25) is 0 Å². The van der Waals surface area contributed by atoms with Crippen LogP contribution in [-0.4, -0.2) is 53.3 Å². The summed E-state index contributed by atoms with van der Waals surface area (Å²) >= 11 is 0. The summed E-state index contributed by atoms with van der Waals surface area (Å²) in [5.41, 5.74) is 0.596. The monoisotopic (exact) mass is 462 g/mol. The molecule has 0 aliphatic carbocycles. The molecule has 1 unspecified atom stereocenters. The van der Waals surface area contributed by atoms with Crippen LogP contribution in [-0.2, 0) is 24.5 Å². The minimum Gasteiger partial charge on any atom is -0.393 e. The largest absolute Gasteiger partial charge is 0.393 e. The molecule has 178 valence electrons. The SMILES string of the molecule is CC1(C)O[C@@H]2[C@@H](COC(c3ccccc3)(c3ccccc3)c3ccccc3)OC(O)[C@]2(CO)O1. The van der Waals surface area contributed by atoms with E-state index in [4.69, 9.17) is 18.9 Å². The second kappa shape index (κ2) is 8.89. The summed E-state index contributed by atoms with van der Waals surface area (Å²) in [7, 11) is 0. The lowest BCUT2D eigenvalue weighted by Crippen LogP contribution is -2.50. The normalized spacial score (nSPS) is 28.1. The van der Waals surface area contributed by atoms with Crippen molar-refractivity contribution < 1.29 is 29.2 Å². The van der Waals surface area contributed by atoms with Gasteiger partial charge in [0.25, 0.3) is 0 Å². The number of hydrogen-bond donors (Lipinski definition) is 2. The summed E-state index contributed by atoms with van der Waals surface area (Å²) in [4.78, 5) is 0. The summed E-state index contributed by atoms with van der Waals surface area (Å²) in [6, 6.07) is 30.1. The highest BCUT2D eigenvalue weighted by Crippen LogP contribution is 2.47. The number of hydrogen-bond acceptors (Lipinski definition) is 6. The second-order valence-electron chi connectivity index (χ2n) is 9.27. The Morgan fingerprint density at radius 1 is 0.824 bits per heavy atom. The van der Waals surface area contributed by atoms with E-state index in [9.17, 15) is 10.2 Å². The van der Waals surface area contributed by atoms with Crippen LogP contribution < -0.4 is 0 Å². The van der Waals surface area contributed by atoms with Crippen LogP contribution in [0.5, 0.6) is 0 Å². The highest BCUT2D eigenvalue weighted by molar-refractivity contribution is 5.47. The topological polar surface area (TPSA) is 77.4 Å². The van der Waals surface area contributed by atoms with Crippen LogP contribution in [0.3, 0.4) is 0 Å². The van der Waals surface area contributed by atoms with Gasteiger partial charge in [-0.25, -0.2) is 0 Å². The molecular weight excluding hydrogens is 432 g/mol. The van der Waals surface area contributed by atoms with Crippen molar-refractivity contribution in [1.82, 2.24) is 0 Å². The molecule has 0 aromatic heterocycles. The van der Waals surface area contributed by atoms with E-state index in [1.165, 1.54) is 0 Å². The first-order valence-electron chi connectivity index (χ1n) is 11.5. The van der Waals surface area contributed by atoms with E-state index in [0.29, 0.717) is 0 Å². The van der Waals surface area contributed by atoms with Crippen molar-refractivity contribution in [3.63, 3.8) is 0 Å². The highest BCUT2D eigenvalue weighted by Gasteiger charge is 2.66. The van der Waals surface area contributed by atoms with E-state index in [-0.39, 0.29) is 6.61 Å². The van der Waals surface area contributed by atoms with Crippen molar-refractivity contribution in [2.75, 3.05) is 13.2 Å². The maximum Gasteiger partial charge on any atom is 0.189 e. The number of aliphatic hydroxyl groups is 2. The molecule has 0 radical (unpaired) electrons. The lowest BCUT2D eigenvalue weighted by molar-refractivity contribution is -0.256. The van der Waals surface area contributed by atoms with Crippen molar-refractivity contribution in [2.24, 2.45) is 0 Å². The van der Waals surface area contributed by atoms with Gasteiger partial charge >= 0.3 is 0 Å². The van der Waals surface area contributed by atoms with Gasteiger partial charge in [0.05, 0.1) is 13.2 Å². The van der Waals surface area contributed by atoms with E-state index in [1.807, 2.05) is 91.0 Å². The first-order valence-corrected chi connectivity index (χ1v) is 11.5. The minimum absolute atomic E-state index is 0.0988. The number of rotatable bonds is 7. The molecule has 2 aliphatic heterocycles. The van der Waals surface area contributed by atoms with Gasteiger partial charge < -0.3 is 29.2 Å². The van der Waals surface area contributed by atoms with E-state index in [2.05, 4.69) is 0 Å². The van der Waals surface area contributed by atoms with Crippen LogP contribution in [0.15, 0.2) is 91.0 Å². The molecule has 3 aromatic rings. The van der Waals surface area contributed by atoms with Crippen molar-refractivity contribution >= 4 is 0 Å². The number of benzene rings is 3. The van der Waals surface area contributed by atoms with E-state index in [0.717, 1.165) is 16.7 Å². The number of aliphatic hydroxyl groups excluding tert-OH is 2. The maximum atomic E-state index is 10.7. The molecule has 3 aromatic carbocycles. The Morgan fingerprint density at radius 2 is 1.29 bits per heavy atom. The van der Waals surface area contributed by atoms with Crippen LogP contribution in [0.4, 0.5) is 0 Å². The molecule has 2 saturated heterocycles. The third-order valence-electron chi connectivity index (χ3n) is 6.64. The molecule has 2 heterocycles. The van der Waals surface area contributed by atoms with Crippen LogP contribution in [0, 0.1) is 0 Å². The molecule has 0 bridgehead atoms. The predicted octanol–water partition coefficient (Wildman–Crippen LogP) is 3.59. The van der Waals surface area contributed by atoms with E-state index in [1.54, 1.807) is 13.8 Å². The third-order valence-corrected chi connectivity index (χ3v) is 6.64. The summed E-state index contributed by atoms with van der Waals surface area (Å²) in [6.07, 6.45) is -2.68. The van der Waals surface area contributed by atoms with Crippen molar-refractivity contribution in [2.45, 2.75) is 49.3 Å². The lowest BCUT2D eigenvalue weighted by atomic mass is 9.80. The molecule has 34 heavy (non-hydrogen) atoms. The van der Waals surface area contributed by atoms with Gasteiger partial charge in [0.2, 0.25) is 0 Å². The average molecular weight is 463 g/mol. The van der Waals surface area contributed by atoms with Gasteiger partial charge in [-0.1, -0.05) is 91.0 Å². The number of fused-ring (bicyclic) bond motifs is 1. The molecule has 2 fully saturated rings. The summed E-state index contributed by atoms with van der Waals surface area (Å²) in [5, 5.41) is 20.8. The standard InChI is InChI=1S/C28H30O6/c1-26(2)33-24-23(32-25(30)27(24,19-29)34-26)18-31-28(20-12-6-3-7-13-20,21-14-8-4-9-15-21)22-16-10-5-11-17-22/h3-17,23-25,29-30H,18-19H2,1-2H3/t23-,24-,25?,27-/m1/s1. The van der Waals surface area contributed by atoms with Crippen LogP contribution in [0.1, 0.15) is 30.5 Å². The van der Waals surface area contributed by atoms with Crippen molar-refractivity contribution in [1.29, 1.82) is 0 Å². The Labute approximate surface area is 199 Å². The fraction of sp³-hybridized carbons (Fsp3) is 0.357. The zero-order valence-electron chi connectivity index (χ0n) is 19.3. The molecule has 4 atom stereocenters. The molecule has 6 heteroatoms. The van der Waals surface area contributed by atoms with Gasteiger partial charge in [0.1, 0.15) is 17.8 Å². The zero-order chi connectivity index (χ0) is 23.8. The summed E-state index contributed by atoms with van der Waals surface area (Å²) < 4.78 is 24.7. The Hall–Kier alpha value is -2.58. The van der Waals surface area contributed by atoms with Crippen LogP contribution in [0.25, 0.3) is 0 Å². The van der Waals surface area contributed by atoms with Crippen molar-refractivity contribution in [3.8, 4) is 0 Å². The Kier molecular flexibility index (Phi) is 6.06. The highest BCUT2D eigenvalue weighted by atomic mass is 16.8. The summed E-state index contributed by atoms with van der Waals surface area (Å²) in [5.74, 6) is -0.966. The van der Waals surface area contributed by atoms with Crippen LogP contribution >= 0.6 is 0 Å². The van der Waals surface area contributed by atoms with Gasteiger partial charge in [0.15, 0.2) is 17.7 Å². The average Bonchev–Trinajstić information content (AvgIpc) is 3.29. The predicted molar refractivity (Wildman–Crippen MR) is 126 cm³/mol. The molecular formula is C28H30O6. The molecule has 0 spiro atoms. The first-order chi connectivity index (χ1) is 16.4. The first kappa shape index (κ1) is 23.2. The Morgan fingerprint density at radius 3 is 1.74 bits per heavy atom. The van der Waals surface area contributed by atoms with Gasteiger partial charge in [-0.05, 0) is 30.5 Å². The second-order valence-corrected chi connectivity index (χ2v) is 9.27. The molecule has 2 N–H and O–H groups in total. The third kappa shape index (κ3) is 3.77. The minimum atomic E-state index is -1.35. The smallest absolute Gasteiger partial charge is 0.189 e. The van der Waals surface area contributed by atoms with E-state index >= 15 is 0 Å². The maximum absolute atomic E-state index is 10.7. The molecule has 0 amide bonds. The zero-order valence-corrected chi connectivity index (χ0v) is 19.3. The van der Waals surface area contributed by atoms with E-state index < -0.39 is 42.1 Å². The molecule has 6 nitrogen and oxygen atoms in total. The summed E-state index contributed by atoms with van der Waals surface area (Å²) in [6.45, 7) is 3.19. The van der Waals surface area contributed by atoms with Gasteiger partial charge in [-0.3, -0.25) is 0 Å². The Balaban J connectivity index is 1.56.